The number of tetrazole rings is 1. The second-order valence-electron chi connectivity index (χ2n) is 3.59. The third kappa shape index (κ3) is 3.08. The lowest BCUT2D eigenvalue weighted by Gasteiger charge is -2.22. The SMILES string of the molecule is Cn1nnc(CNC(C)(C)CO)n1. The Bertz CT molecular complexity index is 270. The smallest absolute Gasteiger partial charge is 0.188 e. The van der Waals surface area contributed by atoms with Gasteiger partial charge >= 0.3 is 0 Å². The maximum absolute atomic E-state index is 8.95. The molecule has 0 atom stereocenters. The molecule has 0 saturated carbocycles. The van der Waals surface area contributed by atoms with Crippen LogP contribution in [0.15, 0.2) is 0 Å². The van der Waals surface area contributed by atoms with Crippen LogP contribution in [0.5, 0.6) is 0 Å². The van der Waals surface area contributed by atoms with E-state index in [2.05, 4.69) is 20.7 Å². The highest BCUT2D eigenvalue weighted by Crippen LogP contribution is 2.00. The van der Waals surface area contributed by atoms with Crippen LogP contribution in [0.2, 0.25) is 0 Å². The molecule has 0 amide bonds. The van der Waals surface area contributed by atoms with Crippen LogP contribution in [0.1, 0.15) is 19.7 Å². The van der Waals surface area contributed by atoms with Crippen molar-refractivity contribution >= 4 is 0 Å². The second kappa shape index (κ2) is 3.80. The first-order valence-electron chi connectivity index (χ1n) is 4.12. The standard InChI is InChI=1S/C7H15N5O/c1-7(2,5-13)8-4-6-9-11-12(3)10-6/h8,13H,4-5H2,1-3H3. The highest BCUT2D eigenvalue weighted by atomic mass is 16.3. The molecule has 1 rings (SSSR count). The average molecular weight is 185 g/mol. The summed E-state index contributed by atoms with van der Waals surface area (Å²) in [5.41, 5.74) is -0.306. The van der Waals surface area contributed by atoms with E-state index in [0.29, 0.717) is 12.4 Å². The summed E-state index contributed by atoms with van der Waals surface area (Å²) < 4.78 is 0. The zero-order chi connectivity index (χ0) is 9.90. The fraction of sp³-hybridized carbons (Fsp3) is 0.857. The van der Waals surface area contributed by atoms with Gasteiger partial charge in [-0.3, -0.25) is 0 Å². The van der Waals surface area contributed by atoms with Crippen molar-refractivity contribution in [1.29, 1.82) is 0 Å². The van der Waals surface area contributed by atoms with Gasteiger partial charge in [-0.25, -0.2) is 0 Å². The molecule has 1 heterocycles. The highest BCUT2D eigenvalue weighted by Gasteiger charge is 2.15. The van der Waals surface area contributed by atoms with Crippen molar-refractivity contribution in [2.24, 2.45) is 7.05 Å². The summed E-state index contributed by atoms with van der Waals surface area (Å²) in [7, 11) is 1.72. The topological polar surface area (TPSA) is 75.9 Å². The average Bonchev–Trinajstić information content (AvgIpc) is 2.48. The maximum atomic E-state index is 8.95. The minimum absolute atomic E-state index is 0.0766. The van der Waals surface area contributed by atoms with Crippen LogP contribution < -0.4 is 5.32 Å². The van der Waals surface area contributed by atoms with Crippen LogP contribution in [0.4, 0.5) is 0 Å². The first-order chi connectivity index (χ1) is 6.03. The molecule has 0 aromatic carbocycles. The van der Waals surface area contributed by atoms with Crippen LogP contribution in [-0.4, -0.2) is 37.5 Å². The van der Waals surface area contributed by atoms with Gasteiger partial charge in [-0.1, -0.05) is 0 Å². The lowest BCUT2D eigenvalue weighted by molar-refractivity contribution is 0.186. The minimum atomic E-state index is -0.306. The molecule has 2 N–H and O–H groups in total. The zero-order valence-electron chi connectivity index (χ0n) is 8.15. The molecule has 0 saturated heterocycles. The van der Waals surface area contributed by atoms with E-state index in [1.807, 2.05) is 13.8 Å². The van der Waals surface area contributed by atoms with E-state index in [9.17, 15) is 0 Å². The van der Waals surface area contributed by atoms with Gasteiger partial charge in [0.25, 0.3) is 0 Å². The van der Waals surface area contributed by atoms with E-state index >= 15 is 0 Å². The monoisotopic (exact) mass is 185 g/mol. The predicted octanol–water partition coefficient (Wildman–Crippen LogP) is -0.929. The van der Waals surface area contributed by atoms with Gasteiger partial charge in [0.05, 0.1) is 20.2 Å². The van der Waals surface area contributed by atoms with Crippen molar-refractivity contribution in [3.8, 4) is 0 Å². The third-order valence-corrected chi connectivity index (χ3v) is 1.67. The molecule has 13 heavy (non-hydrogen) atoms. The molecule has 0 aliphatic rings. The lowest BCUT2D eigenvalue weighted by Crippen LogP contribution is -2.42. The van der Waals surface area contributed by atoms with Crippen LogP contribution in [-0.2, 0) is 13.6 Å². The summed E-state index contributed by atoms with van der Waals surface area (Å²) in [6.45, 7) is 4.40. The molecule has 0 spiro atoms. The van der Waals surface area contributed by atoms with Gasteiger partial charge in [-0.05, 0) is 19.1 Å². The first-order valence-corrected chi connectivity index (χ1v) is 4.12. The molecular formula is C7H15N5O. The quantitative estimate of drug-likeness (QED) is 0.634. The molecular weight excluding hydrogens is 170 g/mol. The van der Waals surface area contributed by atoms with Gasteiger partial charge in [0.2, 0.25) is 0 Å². The van der Waals surface area contributed by atoms with E-state index in [4.69, 9.17) is 5.11 Å². The molecule has 74 valence electrons. The summed E-state index contributed by atoms with van der Waals surface area (Å²) in [6.07, 6.45) is 0. The fourth-order valence-corrected chi connectivity index (χ4v) is 0.768. The van der Waals surface area contributed by atoms with E-state index in [-0.39, 0.29) is 12.1 Å². The van der Waals surface area contributed by atoms with Crippen molar-refractivity contribution in [2.75, 3.05) is 6.61 Å². The number of hydrogen-bond acceptors (Lipinski definition) is 5. The Morgan fingerprint density at radius 2 is 2.23 bits per heavy atom. The Morgan fingerprint density at radius 1 is 1.54 bits per heavy atom. The number of aromatic nitrogens is 4. The molecule has 1 aromatic heterocycles. The highest BCUT2D eigenvalue weighted by molar-refractivity contribution is 4.82. The second-order valence-corrected chi connectivity index (χ2v) is 3.59. The van der Waals surface area contributed by atoms with Crippen molar-refractivity contribution in [2.45, 2.75) is 25.9 Å². The largest absolute Gasteiger partial charge is 0.394 e. The maximum Gasteiger partial charge on any atom is 0.188 e. The van der Waals surface area contributed by atoms with Gasteiger partial charge in [0.15, 0.2) is 5.82 Å². The normalized spacial score (nSPS) is 12.0. The van der Waals surface area contributed by atoms with Crippen LogP contribution >= 0.6 is 0 Å². The Morgan fingerprint density at radius 3 is 2.69 bits per heavy atom. The Hall–Kier alpha value is -1.01. The number of aryl methyl sites for hydroxylation is 1. The molecule has 0 fully saturated rings. The van der Waals surface area contributed by atoms with Gasteiger partial charge in [0, 0.05) is 5.54 Å². The molecule has 0 radical (unpaired) electrons. The molecule has 0 aliphatic carbocycles. The lowest BCUT2D eigenvalue weighted by atomic mass is 10.1. The summed E-state index contributed by atoms with van der Waals surface area (Å²) in [5.74, 6) is 0.629. The van der Waals surface area contributed by atoms with Crippen LogP contribution in [0.3, 0.4) is 0 Å². The number of aliphatic hydroxyl groups is 1. The molecule has 1 aromatic rings. The van der Waals surface area contributed by atoms with Crippen LogP contribution in [0, 0.1) is 0 Å². The van der Waals surface area contributed by atoms with E-state index < -0.39 is 0 Å². The zero-order valence-corrected chi connectivity index (χ0v) is 8.15. The van der Waals surface area contributed by atoms with Gasteiger partial charge in [0.1, 0.15) is 0 Å². The Labute approximate surface area is 76.9 Å². The van der Waals surface area contributed by atoms with Crippen molar-refractivity contribution < 1.29 is 5.11 Å². The molecule has 0 unspecified atom stereocenters. The van der Waals surface area contributed by atoms with Gasteiger partial charge < -0.3 is 10.4 Å². The number of rotatable bonds is 4. The molecule has 6 heteroatoms. The molecule has 0 aliphatic heterocycles. The van der Waals surface area contributed by atoms with Crippen molar-refractivity contribution in [1.82, 2.24) is 25.5 Å². The summed E-state index contributed by atoms with van der Waals surface area (Å²) in [6, 6.07) is 0. The van der Waals surface area contributed by atoms with Gasteiger partial charge in [-0.15, -0.1) is 10.2 Å². The fourth-order valence-electron chi connectivity index (χ4n) is 0.768. The van der Waals surface area contributed by atoms with E-state index in [1.165, 1.54) is 4.80 Å². The van der Waals surface area contributed by atoms with Crippen LogP contribution in [0.25, 0.3) is 0 Å². The molecule has 6 nitrogen and oxygen atoms in total. The number of aliphatic hydroxyl groups excluding tert-OH is 1. The first kappa shape index (κ1) is 10.1. The summed E-state index contributed by atoms with van der Waals surface area (Å²) in [5, 5.41) is 23.6. The number of hydrogen-bond donors (Lipinski definition) is 2. The van der Waals surface area contributed by atoms with E-state index in [0.717, 1.165) is 0 Å². The van der Waals surface area contributed by atoms with Crippen molar-refractivity contribution in [3.63, 3.8) is 0 Å². The summed E-state index contributed by atoms with van der Waals surface area (Å²) in [4.78, 5) is 1.41. The predicted molar refractivity (Wildman–Crippen MR) is 46.8 cm³/mol. The van der Waals surface area contributed by atoms with Crippen molar-refractivity contribution in [3.05, 3.63) is 5.82 Å². The minimum Gasteiger partial charge on any atom is -0.394 e. The van der Waals surface area contributed by atoms with Gasteiger partial charge in [-0.2, -0.15) is 4.80 Å². The number of nitrogens with one attached hydrogen (secondary N) is 1. The Kier molecular flexibility index (Phi) is 2.94. The number of nitrogens with zero attached hydrogens (tertiary/aromatic N) is 4. The van der Waals surface area contributed by atoms with E-state index in [1.54, 1.807) is 7.05 Å². The Balaban J connectivity index is 2.43. The third-order valence-electron chi connectivity index (χ3n) is 1.67. The summed E-state index contributed by atoms with van der Waals surface area (Å²) >= 11 is 0. The molecule has 0 bridgehead atoms.